The molecule has 0 bridgehead atoms. The fourth-order valence-corrected chi connectivity index (χ4v) is 4.32. The number of para-hydroxylation sites is 1. The standard InChI is InChI=1S/C33H39N3O5/c1-7-20-36(29(25-16-12-22(2)13-17-25)30(38)34-27-11-9-8-10-23(27)3)31(39)28(35-32(40)41-33(4,5)6)21-24-14-18-26(37)19-15-24/h7-19,28-29,37H,1,20-21H2,2-6H3,(H,34,38)(H,35,40). The van der Waals surface area contributed by atoms with Crippen molar-refractivity contribution in [2.75, 3.05) is 11.9 Å². The number of aryl methyl sites for hydroxylation is 2. The van der Waals surface area contributed by atoms with Gasteiger partial charge < -0.3 is 25.4 Å². The second-order valence-corrected chi connectivity index (χ2v) is 11.0. The van der Waals surface area contributed by atoms with Crippen LogP contribution in [0.5, 0.6) is 5.75 Å². The number of carbonyl (C=O) groups excluding carboxylic acids is 3. The largest absolute Gasteiger partial charge is 0.508 e. The zero-order valence-electron chi connectivity index (χ0n) is 24.3. The van der Waals surface area contributed by atoms with E-state index in [0.717, 1.165) is 11.1 Å². The van der Waals surface area contributed by atoms with Gasteiger partial charge in [0.2, 0.25) is 5.91 Å². The molecule has 0 heterocycles. The Hall–Kier alpha value is -4.59. The van der Waals surface area contributed by atoms with Gasteiger partial charge in [-0.25, -0.2) is 4.79 Å². The molecule has 2 unspecified atom stereocenters. The highest BCUT2D eigenvalue weighted by molar-refractivity contribution is 5.99. The van der Waals surface area contributed by atoms with Crippen molar-refractivity contribution in [2.24, 2.45) is 0 Å². The smallest absolute Gasteiger partial charge is 0.408 e. The molecule has 3 N–H and O–H groups in total. The van der Waals surface area contributed by atoms with Crippen LogP contribution >= 0.6 is 0 Å². The number of ether oxygens (including phenoxy) is 1. The highest BCUT2D eigenvalue weighted by Crippen LogP contribution is 2.26. The molecule has 8 nitrogen and oxygen atoms in total. The number of benzene rings is 3. The Morgan fingerprint density at radius 2 is 1.61 bits per heavy atom. The zero-order chi connectivity index (χ0) is 30.2. The minimum atomic E-state index is -1.08. The molecule has 216 valence electrons. The number of anilines is 1. The van der Waals surface area contributed by atoms with E-state index in [2.05, 4.69) is 17.2 Å². The maximum absolute atomic E-state index is 14.3. The molecule has 0 fully saturated rings. The quantitative estimate of drug-likeness (QED) is 0.272. The number of aromatic hydroxyl groups is 1. The van der Waals surface area contributed by atoms with E-state index in [1.807, 2.05) is 56.3 Å². The first kappa shape index (κ1) is 30.9. The Kier molecular flexibility index (Phi) is 10.3. The summed E-state index contributed by atoms with van der Waals surface area (Å²) in [5.74, 6) is -0.814. The van der Waals surface area contributed by atoms with Crippen molar-refractivity contribution in [3.63, 3.8) is 0 Å². The summed E-state index contributed by atoms with van der Waals surface area (Å²) in [5.41, 5.74) is 3.04. The van der Waals surface area contributed by atoms with Crippen molar-refractivity contribution in [2.45, 2.75) is 58.7 Å². The van der Waals surface area contributed by atoms with Gasteiger partial charge in [0, 0.05) is 18.7 Å². The molecule has 41 heavy (non-hydrogen) atoms. The van der Waals surface area contributed by atoms with Crippen LogP contribution < -0.4 is 10.6 Å². The molecule has 0 aliphatic rings. The van der Waals surface area contributed by atoms with Crippen LogP contribution in [0.2, 0.25) is 0 Å². The third-order valence-corrected chi connectivity index (χ3v) is 6.33. The van der Waals surface area contributed by atoms with Crippen molar-refractivity contribution in [1.29, 1.82) is 0 Å². The van der Waals surface area contributed by atoms with Crippen molar-refractivity contribution < 1.29 is 24.2 Å². The van der Waals surface area contributed by atoms with Crippen molar-refractivity contribution in [1.82, 2.24) is 10.2 Å². The van der Waals surface area contributed by atoms with Gasteiger partial charge in [-0.05, 0) is 69.5 Å². The van der Waals surface area contributed by atoms with E-state index in [4.69, 9.17) is 4.74 Å². The molecule has 0 saturated carbocycles. The monoisotopic (exact) mass is 557 g/mol. The number of phenolic OH excluding ortho intramolecular Hbond substituents is 1. The molecule has 0 aliphatic carbocycles. The first-order chi connectivity index (χ1) is 19.4. The van der Waals surface area contributed by atoms with Gasteiger partial charge in [0.25, 0.3) is 5.91 Å². The topological polar surface area (TPSA) is 108 Å². The number of rotatable bonds is 10. The van der Waals surface area contributed by atoms with Crippen molar-refractivity contribution in [3.8, 4) is 5.75 Å². The minimum absolute atomic E-state index is 0.0423. The molecule has 3 rings (SSSR count). The van der Waals surface area contributed by atoms with E-state index in [1.165, 1.54) is 17.0 Å². The van der Waals surface area contributed by atoms with Gasteiger partial charge in [0.05, 0.1) is 0 Å². The molecule has 0 saturated heterocycles. The SMILES string of the molecule is C=CCN(C(=O)C(Cc1ccc(O)cc1)NC(=O)OC(C)(C)C)C(C(=O)Nc1ccccc1C)c1ccc(C)cc1. The van der Waals surface area contributed by atoms with Crippen LogP contribution in [0.25, 0.3) is 0 Å². The number of nitrogens with one attached hydrogen (secondary N) is 2. The lowest BCUT2D eigenvalue weighted by Crippen LogP contribution is -2.53. The molecule has 8 heteroatoms. The van der Waals surface area contributed by atoms with Gasteiger partial charge in [0.15, 0.2) is 0 Å². The van der Waals surface area contributed by atoms with Crippen LogP contribution in [0.1, 0.15) is 49.1 Å². The molecular formula is C33H39N3O5. The molecule has 0 aliphatic heterocycles. The summed E-state index contributed by atoms with van der Waals surface area (Å²) in [7, 11) is 0. The summed E-state index contributed by atoms with van der Waals surface area (Å²) in [6.45, 7) is 12.9. The summed E-state index contributed by atoms with van der Waals surface area (Å²) in [4.78, 5) is 42.5. The van der Waals surface area contributed by atoms with E-state index in [0.29, 0.717) is 16.8 Å². The molecule has 2 atom stereocenters. The Labute approximate surface area is 242 Å². The normalized spacial score (nSPS) is 12.5. The molecule has 3 aromatic carbocycles. The lowest BCUT2D eigenvalue weighted by molar-refractivity contribution is -0.140. The summed E-state index contributed by atoms with van der Waals surface area (Å²) < 4.78 is 5.45. The Balaban J connectivity index is 2.04. The summed E-state index contributed by atoms with van der Waals surface area (Å²) in [6.07, 6.45) is 0.890. The van der Waals surface area contributed by atoms with Gasteiger partial charge in [-0.3, -0.25) is 9.59 Å². The number of hydrogen-bond donors (Lipinski definition) is 3. The van der Waals surface area contributed by atoms with Crippen LogP contribution in [0.15, 0.2) is 85.5 Å². The average molecular weight is 558 g/mol. The molecule has 3 aromatic rings. The third kappa shape index (κ3) is 8.96. The first-order valence-corrected chi connectivity index (χ1v) is 13.5. The maximum Gasteiger partial charge on any atom is 0.408 e. The highest BCUT2D eigenvalue weighted by Gasteiger charge is 2.36. The molecule has 3 amide bonds. The number of amides is 3. The van der Waals surface area contributed by atoms with Crippen LogP contribution in [0.4, 0.5) is 10.5 Å². The Bertz CT molecular complexity index is 1360. The van der Waals surface area contributed by atoms with E-state index >= 15 is 0 Å². The summed E-state index contributed by atoms with van der Waals surface area (Å²) in [6, 6.07) is 19.1. The zero-order valence-corrected chi connectivity index (χ0v) is 24.3. The van der Waals surface area contributed by atoms with Gasteiger partial charge in [0.1, 0.15) is 23.4 Å². The fourth-order valence-electron chi connectivity index (χ4n) is 4.32. The lowest BCUT2D eigenvalue weighted by atomic mass is 9.99. The van der Waals surface area contributed by atoms with Crippen LogP contribution in [-0.2, 0) is 20.7 Å². The second kappa shape index (κ2) is 13.7. The third-order valence-electron chi connectivity index (χ3n) is 6.33. The van der Waals surface area contributed by atoms with E-state index < -0.39 is 35.6 Å². The van der Waals surface area contributed by atoms with Crippen molar-refractivity contribution >= 4 is 23.6 Å². The number of carbonyl (C=O) groups is 3. The van der Waals surface area contributed by atoms with Crippen molar-refractivity contribution in [3.05, 3.63) is 108 Å². The summed E-state index contributed by atoms with van der Waals surface area (Å²) >= 11 is 0. The van der Waals surface area contributed by atoms with E-state index in [-0.39, 0.29) is 18.7 Å². The van der Waals surface area contributed by atoms with Gasteiger partial charge in [-0.1, -0.05) is 66.2 Å². The van der Waals surface area contributed by atoms with E-state index in [1.54, 1.807) is 45.0 Å². The second-order valence-electron chi connectivity index (χ2n) is 11.0. The minimum Gasteiger partial charge on any atom is -0.508 e. The van der Waals surface area contributed by atoms with Gasteiger partial charge in [-0.15, -0.1) is 6.58 Å². The van der Waals surface area contributed by atoms with Gasteiger partial charge >= 0.3 is 6.09 Å². The number of hydrogen-bond acceptors (Lipinski definition) is 5. The first-order valence-electron chi connectivity index (χ1n) is 13.5. The maximum atomic E-state index is 14.3. The highest BCUT2D eigenvalue weighted by atomic mass is 16.6. The van der Waals surface area contributed by atoms with Gasteiger partial charge in [-0.2, -0.15) is 0 Å². The van der Waals surface area contributed by atoms with Crippen LogP contribution in [0, 0.1) is 13.8 Å². The van der Waals surface area contributed by atoms with E-state index in [9.17, 15) is 19.5 Å². The fraction of sp³-hybridized carbons (Fsp3) is 0.303. The number of phenols is 1. The Morgan fingerprint density at radius 1 is 0.976 bits per heavy atom. The molecule has 0 radical (unpaired) electrons. The molecule has 0 spiro atoms. The van der Waals surface area contributed by atoms with Crippen LogP contribution in [-0.4, -0.2) is 46.1 Å². The predicted octanol–water partition coefficient (Wildman–Crippen LogP) is 5.84. The lowest BCUT2D eigenvalue weighted by Gasteiger charge is -2.34. The van der Waals surface area contributed by atoms with Crippen LogP contribution in [0.3, 0.4) is 0 Å². The Morgan fingerprint density at radius 3 is 2.20 bits per heavy atom. The number of alkyl carbamates (subject to hydrolysis) is 1. The molecule has 0 aromatic heterocycles. The predicted molar refractivity (Wildman–Crippen MR) is 161 cm³/mol. The summed E-state index contributed by atoms with van der Waals surface area (Å²) in [5, 5.41) is 15.4. The average Bonchev–Trinajstić information content (AvgIpc) is 2.90. The number of nitrogens with zero attached hydrogens (tertiary/aromatic N) is 1. The molecular weight excluding hydrogens is 518 g/mol.